The van der Waals surface area contributed by atoms with E-state index >= 15 is 0 Å². The van der Waals surface area contributed by atoms with Crippen LogP contribution in [0, 0.1) is 23.2 Å². The molecule has 1 heterocycles. The number of esters is 1. The first-order chi connectivity index (χ1) is 10.7. The third kappa shape index (κ3) is 2.07. The van der Waals surface area contributed by atoms with Gasteiger partial charge in [-0.05, 0) is 55.4 Å². The predicted molar refractivity (Wildman–Crippen MR) is 85.5 cm³/mol. The fraction of sp³-hybridized carbons (Fsp3) is 0.842. The first kappa shape index (κ1) is 15.6. The lowest BCUT2D eigenvalue weighted by atomic mass is 9.49. The molecule has 0 radical (unpaired) electrons. The molecule has 0 unspecified atom stereocenters. The second-order valence-corrected chi connectivity index (χ2v) is 8.96. The maximum atomic E-state index is 11.9. The first-order valence-corrected chi connectivity index (χ1v) is 9.06. The van der Waals surface area contributed by atoms with Crippen LogP contribution in [-0.4, -0.2) is 34.0 Å². The summed E-state index contributed by atoms with van der Waals surface area (Å²) in [6.45, 7) is 6.41. The molecule has 1 aliphatic heterocycles. The summed E-state index contributed by atoms with van der Waals surface area (Å²) >= 11 is 0. The summed E-state index contributed by atoms with van der Waals surface area (Å²) in [5.74, 6) is 0.369. The SMILES string of the molecule is CC1=C2C[C@]3(O)CC[C@H]4[C@@H](CCCC4(C)C)[C@@H]3[C@H](O)[C@H]2OC1=O. The zero-order valence-corrected chi connectivity index (χ0v) is 14.3. The number of rotatable bonds is 0. The molecule has 0 aromatic heterocycles. The van der Waals surface area contributed by atoms with Crippen LogP contribution in [0.25, 0.3) is 0 Å². The third-order valence-electron chi connectivity index (χ3n) is 7.39. The van der Waals surface area contributed by atoms with E-state index in [1.54, 1.807) is 6.92 Å². The summed E-state index contributed by atoms with van der Waals surface area (Å²) in [6.07, 6.45) is 4.36. The molecule has 4 heteroatoms. The fourth-order valence-corrected chi connectivity index (χ4v) is 6.19. The molecule has 0 saturated heterocycles. The highest BCUT2D eigenvalue weighted by atomic mass is 16.6. The Balaban J connectivity index is 1.73. The van der Waals surface area contributed by atoms with Gasteiger partial charge in [0.05, 0.1) is 5.60 Å². The van der Waals surface area contributed by atoms with Crippen molar-refractivity contribution in [1.82, 2.24) is 0 Å². The molecule has 0 bridgehead atoms. The standard InChI is InChI=1S/C19H28O4/c1-10-12-9-19(22)8-6-13-11(5-4-7-18(13,2)3)14(19)15(20)16(12)23-17(10)21/h11,13-16,20,22H,4-9H2,1-3H3/t11-,13+,14-,15+,16+,19-/m1/s1. The Labute approximate surface area is 137 Å². The minimum atomic E-state index is -0.880. The van der Waals surface area contributed by atoms with Crippen LogP contribution in [-0.2, 0) is 9.53 Å². The average molecular weight is 320 g/mol. The van der Waals surface area contributed by atoms with Gasteiger partial charge in [-0.15, -0.1) is 0 Å². The molecule has 4 aliphatic rings. The summed E-state index contributed by atoms with van der Waals surface area (Å²) < 4.78 is 5.44. The molecule has 6 atom stereocenters. The summed E-state index contributed by atoms with van der Waals surface area (Å²) in [7, 11) is 0. The molecule has 3 fully saturated rings. The van der Waals surface area contributed by atoms with Gasteiger partial charge in [0, 0.05) is 17.9 Å². The highest BCUT2D eigenvalue weighted by molar-refractivity contribution is 5.92. The van der Waals surface area contributed by atoms with Gasteiger partial charge in [0.2, 0.25) is 0 Å². The summed E-state index contributed by atoms with van der Waals surface area (Å²) in [4.78, 5) is 11.9. The molecular weight excluding hydrogens is 292 g/mol. The Morgan fingerprint density at radius 1 is 1.22 bits per heavy atom. The van der Waals surface area contributed by atoms with Gasteiger partial charge in [0.1, 0.15) is 6.10 Å². The second-order valence-electron chi connectivity index (χ2n) is 8.96. The van der Waals surface area contributed by atoms with E-state index in [9.17, 15) is 15.0 Å². The Bertz CT molecular complexity index is 578. The summed E-state index contributed by atoms with van der Waals surface area (Å²) in [5, 5.41) is 22.4. The molecule has 4 rings (SSSR count). The largest absolute Gasteiger partial charge is 0.452 e. The first-order valence-electron chi connectivity index (χ1n) is 9.06. The Morgan fingerprint density at radius 2 is 1.96 bits per heavy atom. The zero-order valence-electron chi connectivity index (χ0n) is 14.3. The zero-order chi connectivity index (χ0) is 16.6. The number of hydrogen-bond donors (Lipinski definition) is 2. The molecule has 0 amide bonds. The number of aliphatic hydroxyl groups is 2. The van der Waals surface area contributed by atoms with Gasteiger partial charge in [-0.1, -0.05) is 20.3 Å². The molecule has 3 aliphatic carbocycles. The van der Waals surface area contributed by atoms with Crippen LogP contribution in [0.4, 0.5) is 0 Å². The van der Waals surface area contributed by atoms with E-state index in [4.69, 9.17) is 4.74 Å². The Hall–Kier alpha value is -0.870. The number of carbonyl (C=O) groups is 1. The number of aliphatic hydroxyl groups excluding tert-OH is 1. The van der Waals surface area contributed by atoms with E-state index in [1.165, 1.54) is 6.42 Å². The fourth-order valence-electron chi connectivity index (χ4n) is 6.19. The Kier molecular flexibility index (Phi) is 3.28. The number of hydrogen-bond acceptors (Lipinski definition) is 4. The van der Waals surface area contributed by atoms with Crippen molar-refractivity contribution in [3.05, 3.63) is 11.1 Å². The van der Waals surface area contributed by atoms with Crippen LogP contribution in [0.2, 0.25) is 0 Å². The van der Waals surface area contributed by atoms with Crippen LogP contribution in [0.3, 0.4) is 0 Å². The number of carbonyl (C=O) groups excluding carboxylic acids is 1. The summed E-state index contributed by atoms with van der Waals surface area (Å²) in [5.41, 5.74) is 0.805. The van der Waals surface area contributed by atoms with E-state index in [-0.39, 0.29) is 17.3 Å². The highest BCUT2D eigenvalue weighted by Gasteiger charge is 2.61. The second kappa shape index (κ2) is 4.82. The maximum Gasteiger partial charge on any atom is 0.334 e. The van der Waals surface area contributed by atoms with E-state index in [0.717, 1.165) is 31.3 Å². The molecule has 2 N–H and O–H groups in total. The Morgan fingerprint density at radius 3 is 2.70 bits per heavy atom. The third-order valence-corrected chi connectivity index (χ3v) is 7.39. The van der Waals surface area contributed by atoms with Crippen molar-refractivity contribution < 1.29 is 19.7 Å². The van der Waals surface area contributed by atoms with Crippen molar-refractivity contribution in [3.8, 4) is 0 Å². The van der Waals surface area contributed by atoms with Gasteiger partial charge in [-0.3, -0.25) is 0 Å². The van der Waals surface area contributed by atoms with Gasteiger partial charge in [-0.25, -0.2) is 4.79 Å². The van der Waals surface area contributed by atoms with Crippen molar-refractivity contribution in [3.63, 3.8) is 0 Å². The topological polar surface area (TPSA) is 66.8 Å². The van der Waals surface area contributed by atoms with Crippen LogP contribution in [0.15, 0.2) is 11.1 Å². The molecule has 4 nitrogen and oxygen atoms in total. The van der Waals surface area contributed by atoms with Crippen LogP contribution in [0.1, 0.15) is 59.3 Å². The van der Waals surface area contributed by atoms with E-state index in [0.29, 0.717) is 23.8 Å². The van der Waals surface area contributed by atoms with Crippen LogP contribution < -0.4 is 0 Å². The normalized spacial score (nSPS) is 48.4. The lowest BCUT2D eigenvalue weighted by Gasteiger charge is -2.59. The minimum Gasteiger partial charge on any atom is -0.452 e. The predicted octanol–water partition coefficient (Wildman–Crippen LogP) is 2.58. The smallest absolute Gasteiger partial charge is 0.334 e. The number of fused-ring (bicyclic) bond motifs is 4. The molecule has 3 saturated carbocycles. The number of ether oxygens (including phenoxy) is 1. The van der Waals surface area contributed by atoms with Gasteiger partial charge in [0.15, 0.2) is 6.10 Å². The molecule has 128 valence electrons. The van der Waals surface area contributed by atoms with E-state index < -0.39 is 17.8 Å². The average Bonchev–Trinajstić information content (AvgIpc) is 2.74. The molecular formula is C19H28O4. The molecule has 0 spiro atoms. The van der Waals surface area contributed by atoms with Crippen molar-refractivity contribution in [2.24, 2.45) is 23.2 Å². The molecule has 0 aromatic rings. The van der Waals surface area contributed by atoms with Crippen molar-refractivity contribution >= 4 is 5.97 Å². The lowest BCUT2D eigenvalue weighted by Crippen LogP contribution is -2.62. The summed E-state index contributed by atoms with van der Waals surface area (Å²) in [6, 6.07) is 0. The van der Waals surface area contributed by atoms with Gasteiger partial charge >= 0.3 is 5.97 Å². The van der Waals surface area contributed by atoms with E-state index in [1.807, 2.05) is 0 Å². The quantitative estimate of drug-likeness (QED) is 0.673. The monoisotopic (exact) mass is 320 g/mol. The van der Waals surface area contributed by atoms with Crippen LogP contribution in [0.5, 0.6) is 0 Å². The van der Waals surface area contributed by atoms with Crippen molar-refractivity contribution in [2.45, 2.75) is 77.1 Å². The van der Waals surface area contributed by atoms with Crippen molar-refractivity contribution in [2.75, 3.05) is 0 Å². The maximum absolute atomic E-state index is 11.9. The van der Waals surface area contributed by atoms with Crippen LogP contribution >= 0.6 is 0 Å². The molecule has 23 heavy (non-hydrogen) atoms. The van der Waals surface area contributed by atoms with Gasteiger partial charge in [0.25, 0.3) is 0 Å². The van der Waals surface area contributed by atoms with Gasteiger partial charge < -0.3 is 14.9 Å². The highest BCUT2D eigenvalue weighted by Crippen LogP contribution is 2.59. The minimum absolute atomic E-state index is 0.173. The van der Waals surface area contributed by atoms with Crippen molar-refractivity contribution in [1.29, 1.82) is 0 Å². The lowest BCUT2D eigenvalue weighted by molar-refractivity contribution is -0.199. The molecule has 0 aromatic carbocycles. The van der Waals surface area contributed by atoms with Gasteiger partial charge in [-0.2, -0.15) is 0 Å². The van der Waals surface area contributed by atoms with E-state index in [2.05, 4.69) is 13.8 Å².